The van der Waals surface area contributed by atoms with Crippen molar-refractivity contribution >= 4 is 11.0 Å². The van der Waals surface area contributed by atoms with Crippen molar-refractivity contribution in [3.63, 3.8) is 0 Å². The summed E-state index contributed by atoms with van der Waals surface area (Å²) in [5, 5.41) is 0. The van der Waals surface area contributed by atoms with Gasteiger partial charge >= 0.3 is 11.1 Å². The third-order valence-electron chi connectivity index (χ3n) is 3.40. The highest BCUT2D eigenvalue weighted by Gasteiger charge is 2.10. The van der Waals surface area contributed by atoms with Crippen molar-refractivity contribution in [1.29, 1.82) is 0 Å². The molecule has 0 aliphatic carbocycles. The Hall–Kier alpha value is -2.82. The first-order valence-corrected chi connectivity index (χ1v) is 6.54. The maximum atomic E-state index is 12.2. The van der Waals surface area contributed by atoms with Gasteiger partial charge in [0.25, 0.3) is 0 Å². The molecular formula is C16H14N2O3. The number of ether oxygens (including phenoxy) is 1. The van der Waals surface area contributed by atoms with Gasteiger partial charge < -0.3 is 9.72 Å². The predicted molar refractivity (Wildman–Crippen MR) is 80.9 cm³/mol. The smallest absolute Gasteiger partial charge is 0.317 e. The van der Waals surface area contributed by atoms with E-state index >= 15 is 0 Å². The molecule has 0 bridgehead atoms. The number of methoxy groups -OCH3 is 1. The zero-order valence-electron chi connectivity index (χ0n) is 11.5. The molecule has 0 saturated carbocycles. The van der Waals surface area contributed by atoms with E-state index in [4.69, 9.17) is 4.74 Å². The molecule has 1 heterocycles. The lowest BCUT2D eigenvalue weighted by Crippen LogP contribution is -2.36. The van der Waals surface area contributed by atoms with Crippen LogP contribution in [-0.2, 0) is 6.54 Å². The number of rotatable bonds is 3. The zero-order valence-corrected chi connectivity index (χ0v) is 11.5. The number of nitrogens with zero attached hydrogens (tertiary/aromatic N) is 1. The molecule has 5 nitrogen and oxygen atoms in total. The lowest BCUT2D eigenvalue weighted by atomic mass is 10.2. The molecule has 0 atom stereocenters. The van der Waals surface area contributed by atoms with Gasteiger partial charge in [0.1, 0.15) is 5.75 Å². The number of hydrogen-bond donors (Lipinski definition) is 1. The molecule has 2 aromatic carbocycles. The Morgan fingerprint density at radius 3 is 2.57 bits per heavy atom. The Morgan fingerprint density at radius 2 is 1.76 bits per heavy atom. The average Bonchev–Trinajstić information content (AvgIpc) is 2.52. The quantitative estimate of drug-likeness (QED) is 0.744. The van der Waals surface area contributed by atoms with Crippen molar-refractivity contribution in [2.24, 2.45) is 0 Å². The van der Waals surface area contributed by atoms with Crippen molar-refractivity contribution in [3.8, 4) is 5.75 Å². The SMILES string of the molecule is COc1ccccc1Cn1c(=O)c(=O)[nH]c2ccccc21. The van der Waals surface area contributed by atoms with E-state index in [1.54, 1.807) is 13.2 Å². The van der Waals surface area contributed by atoms with Crippen molar-refractivity contribution in [1.82, 2.24) is 9.55 Å². The van der Waals surface area contributed by atoms with Crippen LogP contribution in [0.4, 0.5) is 0 Å². The monoisotopic (exact) mass is 282 g/mol. The predicted octanol–water partition coefficient (Wildman–Crippen LogP) is 1.75. The largest absolute Gasteiger partial charge is 0.496 e. The van der Waals surface area contributed by atoms with Crippen molar-refractivity contribution in [2.75, 3.05) is 7.11 Å². The number of H-pyrrole nitrogens is 1. The van der Waals surface area contributed by atoms with Crippen LogP contribution in [0.25, 0.3) is 11.0 Å². The standard InChI is InChI=1S/C16H14N2O3/c1-21-14-9-5-2-6-11(14)10-18-13-8-4-3-7-12(13)17-15(19)16(18)20/h2-9H,10H2,1H3,(H,17,19). The first-order valence-electron chi connectivity index (χ1n) is 6.54. The third-order valence-corrected chi connectivity index (χ3v) is 3.40. The summed E-state index contributed by atoms with van der Waals surface area (Å²) in [6.07, 6.45) is 0. The first-order chi connectivity index (χ1) is 10.2. The van der Waals surface area contributed by atoms with Gasteiger partial charge in [0.05, 0.1) is 24.7 Å². The minimum Gasteiger partial charge on any atom is -0.496 e. The molecule has 1 aromatic heterocycles. The van der Waals surface area contributed by atoms with Crippen LogP contribution in [0.1, 0.15) is 5.56 Å². The second-order valence-electron chi connectivity index (χ2n) is 4.67. The molecule has 21 heavy (non-hydrogen) atoms. The number of hydrogen-bond acceptors (Lipinski definition) is 3. The second kappa shape index (κ2) is 5.28. The summed E-state index contributed by atoms with van der Waals surface area (Å²) in [5.74, 6) is 0.689. The van der Waals surface area contributed by atoms with Crippen LogP contribution in [0, 0.1) is 0 Å². The topological polar surface area (TPSA) is 64.1 Å². The van der Waals surface area contributed by atoms with Crippen LogP contribution < -0.4 is 15.9 Å². The zero-order chi connectivity index (χ0) is 14.8. The van der Waals surface area contributed by atoms with E-state index < -0.39 is 11.1 Å². The van der Waals surface area contributed by atoms with Crippen LogP contribution in [-0.4, -0.2) is 16.7 Å². The molecule has 3 aromatic rings. The van der Waals surface area contributed by atoms with Gasteiger partial charge in [0, 0.05) is 5.56 Å². The lowest BCUT2D eigenvalue weighted by molar-refractivity contribution is 0.408. The molecule has 0 aliphatic rings. The van der Waals surface area contributed by atoms with Crippen LogP contribution in [0.3, 0.4) is 0 Å². The number of fused-ring (bicyclic) bond motifs is 1. The minimum atomic E-state index is -0.622. The molecule has 0 radical (unpaired) electrons. The molecule has 0 saturated heterocycles. The van der Waals surface area contributed by atoms with Gasteiger partial charge in [-0.05, 0) is 18.2 Å². The Labute approximate surface area is 120 Å². The summed E-state index contributed by atoms with van der Waals surface area (Å²) < 4.78 is 6.76. The highest BCUT2D eigenvalue weighted by Crippen LogP contribution is 2.19. The number of para-hydroxylation sites is 3. The molecular weight excluding hydrogens is 268 g/mol. The highest BCUT2D eigenvalue weighted by atomic mass is 16.5. The van der Waals surface area contributed by atoms with E-state index in [9.17, 15) is 9.59 Å². The summed E-state index contributed by atoms with van der Waals surface area (Å²) in [6, 6.07) is 14.7. The fourth-order valence-electron chi connectivity index (χ4n) is 2.38. The maximum absolute atomic E-state index is 12.2. The fraction of sp³-hybridized carbons (Fsp3) is 0.125. The summed E-state index contributed by atoms with van der Waals surface area (Å²) >= 11 is 0. The summed E-state index contributed by atoms with van der Waals surface area (Å²) in [5.41, 5.74) is 0.978. The van der Waals surface area contributed by atoms with Gasteiger partial charge in [-0.3, -0.25) is 14.2 Å². The van der Waals surface area contributed by atoms with Crippen LogP contribution in [0.2, 0.25) is 0 Å². The second-order valence-corrected chi connectivity index (χ2v) is 4.67. The number of aromatic amines is 1. The Bertz CT molecular complexity index is 909. The molecule has 0 fully saturated rings. The van der Waals surface area contributed by atoms with E-state index in [2.05, 4.69) is 4.98 Å². The average molecular weight is 282 g/mol. The lowest BCUT2D eigenvalue weighted by Gasteiger charge is -2.12. The van der Waals surface area contributed by atoms with Gasteiger partial charge in [-0.15, -0.1) is 0 Å². The van der Waals surface area contributed by atoms with E-state index in [0.717, 1.165) is 5.56 Å². The number of nitrogens with one attached hydrogen (secondary N) is 1. The van der Waals surface area contributed by atoms with Gasteiger partial charge in [-0.2, -0.15) is 0 Å². The highest BCUT2D eigenvalue weighted by molar-refractivity contribution is 5.74. The Balaban J connectivity index is 2.23. The third kappa shape index (κ3) is 2.33. The molecule has 3 rings (SSSR count). The number of aromatic nitrogens is 2. The van der Waals surface area contributed by atoms with Gasteiger partial charge in [0.15, 0.2) is 0 Å². The normalized spacial score (nSPS) is 10.7. The summed E-state index contributed by atoms with van der Waals surface area (Å²) in [7, 11) is 1.58. The molecule has 5 heteroatoms. The molecule has 0 aliphatic heterocycles. The van der Waals surface area contributed by atoms with E-state index in [1.165, 1.54) is 4.57 Å². The molecule has 0 amide bonds. The first kappa shape index (κ1) is 13.2. The molecule has 1 N–H and O–H groups in total. The van der Waals surface area contributed by atoms with Crippen LogP contribution in [0.5, 0.6) is 5.75 Å². The van der Waals surface area contributed by atoms with Crippen LogP contribution >= 0.6 is 0 Å². The van der Waals surface area contributed by atoms with Crippen LogP contribution in [0.15, 0.2) is 58.1 Å². The van der Waals surface area contributed by atoms with Gasteiger partial charge in [0.2, 0.25) is 0 Å². The molecule has 0 unspecified atom stereocenters. The van der Waals surface area contributed by atoms with E-state index in [0.29, 0.717) is 16.8 Å². The van der Waals surface area contributed by atoms with Crippen molar-refractivity contribution in [2.45, 2.75) is 6.54 Å². The van der Waals surface area contributed by atoms with Crippen molar-refractivity contribution < 1.29 is 4.74 Å². The summed E-state index contributed by atoms with van der Waals surface area (Å²) in [4.78, 5) is 26.5. The minimum absolute atomic E-state index is 0.285. The van der Waals surface area contributed by atoms with Crippen molar-refractivity contribution in [3.05, 3.63) is 74.8 Å². The Kier molecular flexibility index (Phi) is 3.31. The van der Waals surface area contributed by atoms with Gasteiger partial charge in [-0.25, -0.2) is 0 Å². The van der Waals surface area contributed by atoms with E-state index in [-0.39, 0.29) is 6.54 Å². The summed E-state index contributed by atoms with van der Waals surface area (Å²) in [6.45, 7) is 0.285. The maximum Gasteiger partial charge on any atom is 0.317 e. The molecule has 0 spiro atoms. The van der Waals surface area contributed by atoms with E-state index in [1.807, 2.05) is 42.5 Å². The van der Waals surface area contributed by atoms with Gasteiger partial charge in [-0.1, -0.05) is 30.3 Å². The molecule has 106 valence electrons. The number of benzene rings is 2. The Morgan fingerprint density at radius 1 is 1.05 bits per heavy atom. The fourth-order valence-corrected chi connectivity index (χ4v) is 2.38.